The first-order valence-corrected chi connectivity index (χ1v) is 5.83. The van der Waals surface area contributed by atoms with Gasteiger partial charge in [-0.3, -0.25) is 4.79 Å². The molecule has 106 valence electrons. The number of esters is 2. The molecule has 7 nitrogen and oxygen atoms in total. The van der Waals surface area contributed by atoms with Crippen LogP contribution in [0.25, 0.3) is 0 Å². The van der Waals surface area contributed by atoms with Crippen LogP contribution in [0.4, 0.5) is 0 Å². The van der Waals surface area contributed by atoms with Crippen LogP contribution < -0.4 is 4.94 Å². The molecule has 19 heavy (non-hydrogen) atoms. The van der Waals surface area contributed by atoms with Gasteiger partial charge in [0.05, 0.1) is 0 Å². The molecule has 0 spiro atoms. The Morgan fingerprint density at radius 1 is 1.26 bits per heavy atom. The fourth-order valence-electron chi connectivity index (χ4n) is 1.03. The Bertz CT molecular complexity index is 347. The Hall–Kier alpha value is -1.89. The van der Waals surface area contributed by atoms with Gasteiger partial charge in [-0.05, 0) is 6.42 Å². The van der Waals surface area contributed by atoms with Crippen LogP contribution in [0.5, 0.6) is 0 Å². The van der Waals surface area contributed by atoms with Gasteiger partial charge < -0.3 is 9.47 Å². The first kappa shape index (κ1) is 17.1. The molecular formula is C11H16ClN3O4. The van der Waals surface area contributed by atoms with Gasteiger partial charge in [0.15, 0.2) is 6.04 Å². The number of carbonyl (C=O) groups is 2. The van der Waals surface area contributed by atoms with Crippen molar-refractivity contribution >= 4 is 23.7 Å². The molecule has 8 heteroatoms. The van der Waals surface area contributed by atoms with Gasteiger partial charge in [0.1, 0.15) is 13.2 Å². The van der Waals surface area contributed by atoms with Crippen molar-refractivity contribution in [2.45, 2.75) is 18.9 Å². The third-order valence-electron chi connectivity index (χ3n) is 1.83. The first-order chi connectivity index (χ1) is 9.15. The number of halogens is 1. The van der Waals surface area contributed by atoms with Gasteiger partial charge >= 0.3 is 11.9 Å². The van der Waals surface area contributed by atoms with E-state index in [2.05, 4.69) is 23.5 Å². The maximum absolute atomic E-state index is 11.6. The molecule has 1 unspecified atom stereocenters. The van der Waals surface area contributed by atoms with E-state index in [9.17, 15) is 9.59 Å². The molecular weight excluding hydrogens is 274 g/mol. The van der Waals surface area contributed by atoms with Crippen LogP contribution in [-0.4, -0.2) is 31.2 Å². The number of carbonyl (C=O) groups excluding carboxylic acids is 2. The summed E-state index contributed by atoms with van der Waals surface area (Å²) in [6.07, 6.45) is 2.98. The maximum Gasteiger partial charge on any atom is 0.333 e. The van der Waals surface area contributed by atoms with Crippen molar-refractivity contribution in [3.8, 4) is 0 Å². The maximum atomic E-state index is 11.6. The van der Waals surface area contributed by atoms with Gasteiger partial charge in [-0.2, -0.15) is 5.11 Å². The van der Waals surface area contributed by atoms with E-state index in [1.165, 1.54) is 12.2 Å². The second-order valence-corrected chi connectivity index (χ2v) is 3.41. The molecule has 0 radical (unpaired) electrons. The van der Waals surface area contributed by atoms with Crippen molar-refractivity contribution in [2.24, 2.45) is 10.3 Å². The van der Waals surface area contributed by atoms with E-state index in [1.54, 1.807) is 0 Å². The summed E-state index contributed by atoms with van der Waals surface area (Å²) in [4.78, 5) is 24.7. The number of hydrogen-bond acceptors (Lipinski definition) is 6. The summed E-state index contributed by atoms with van der Waals surface area (Å²) in [5.41, 5.74) is 0. The predicted octanol–water partition coefficient (Wildman–Crippen LogP) is 1.70. The zero-order valence-corrected chi connectivity index (χ0v) is 11.1. The molecule has 0 aliphatic heterocycles. The van der Waals surface area contributed by atoms with Crippen LogP contribution in [0.2, 0.25) is 0 Å². The zero-order chi connectivity index (χ0) is 14.5. The van der Waals surface area contributed by atoms with Gasteiger partial charge in [-0.25, -0.2) is 9.74 Å². The van der Waals surface area contributed by atoms with Crippen molar-refractivity contribution in [3.63, 3.8) is 0 Å². The lowest BCUT2D eigenvalue weighted by Crippen LogP contribution is -2.23. The van der Waals surface area contributed by atoms with Crippen molar-refractivity contribution < 1.29 is 19.1 Å². The average Bonchev–Trinajstić information content (AvgIpc) is 2.42. The highest BCUT2D eigenvalue weighted by molar-refractivity contribution is 6.13. The Morgan fingerprint density at radius 2 is 1.89 bits per heavy atom. The van der Waals surface area contributed by atoms with E-state index in [0.29, 0.717) is 0 Å². The predicted molar refractivity (Wildman–Crippen MR) is 69.2 cm³/mol. The second kappa shape index (κ2) is 11.2. The second-order valence-electron chi connectivity index (χ2n) is 3.24. The fourth-order valence-corrected chi connectivity index (χ4v) is 1.07. The molecule has 1 atom stereocenters. The molecule has 0 heterocycles. The molecule has 0 aromatic carbocycles. The molecule has 0 aromatic heterocycles. The zero-order valence-electron chi connectivity index (χ0n) is 10.4. The van der Waals surface area contributed by atoms with Crippen molar-refractivity contribution in [1.29, 1.82) is 0 Å². The Labute approximate surface area is 116 Å². The number of nitrogens with one attached hydrogen (secondary N) is 1. The van der Waals surface area contributed by atoms with Gasteiger partial charge in [0, 0.05) is 18.2 Å². The van der Waals surface area contributed by atoms with Crippen LogP contribution in [-0.2, 0) is 19.1 Å². The van der Waals surface area contributed by atoms with Gasteiger partial charge in [-0.1, -0.05) is 30.5 Å². The Morgan fingerprint density at radius 3 is 2.47 bits per heavy atom. The molecule has 0 amide bonds. The number of ether oxygens (including phenoxy) is 2. The van der Waals surface area contributed by atoms with Gasteiger partial charge in [0.25, 0.3) is 0 Å². The molecule has 1 N–H and O–H groups in total. The van der Waals surface area contributed by atoms with Gasteiger partial charge in [-0.15, -0.1) is 0 Å². The number of rotatable bonds is 10. The third kappa shape index (κ3) is 8.78. The van der Waals surface area contributed by atoms with E-state index < -0.39 is 18.0 Å². The highest BCUT2D eigenvalue weighted by Gasteiger charge is 2.21. The van der Waals surface area contributed by atoms with Crippen molar-refractivity contribution in [3.05, 3.63) is 25.3 Å². The fraction of sp³-hybridized carbons (Fsp3) is 0.455. The smallest absolute Gasteiger partial charge is 0.333 e. The van der Waals surface area contributed by atoms with E-state index >= 15 is 0 Å². The third-order valence-corrected chi connectivity index (χ3v) is 1.91. The van der Waals surface area contributed by atoms with Crippen LogP contribution in [0.15, 0.2) is 35.6 Å². The van der Waals surface area contributed by atoms with E-state index in [1.807, 2.05) is 4.94 Å². The van der Waals surface area contributed by atoms with Crippen LogP contribution in [0, 0.1) is 0 Å². The van der Waals surface area contributed by atoms with E-state index in [0.717, 1.165) is 0 Å². The topological polar surface area (TPSA) is 89.4 Å². The molecule has 0 rings (SSSR count). The Kier molecular flexibility index (Phi) is 10.1. The summed E-state index contributed by atoms with van der Waals surface area (Å²) in [6, 6.07) is -0.928. The quantitative estimate of drug-likeness (QED) is 0.217. The number of nitrogens with zero attached hydrogens (tertiary/aromatic N) is 2. The number of hydrogen-bond donors (Lipinski definition) is 1. The lowest BCUT2D eigenvalue weighted by atomic mass is 10.2. The van der Waals surface area contributed by atoms with Crippen molar-refractivity contribution in [2.75, 3.05) is 13.2 Å². The summed E-state index contributed by atoms with van der Waals surface area (Å²) >= 11 is 5.10. The van der Waals surface area contributed by atoms with E-state index in [4.69, 9.17) is 21.3 Å². The average molecular weight is 290 g/mol. The molecule has 0 aliphatic rings. The largest absolute Gasteiger partial charge is 0.461 e. The summed E-state index contributed by atoms with van der Waals surface area (Å²) in [7, 11) is 0. The minimum absolute atomic E-state index is 0.00298. The summed E-state index contributed by atoms with van der Waals surface area (Å²) in [5.74, 6) is -1.08. The molecule has 0 aliphatic carbocycles. The van der Waals surface area contributed by atoms with Crippen LogP contribution >= 0.6 is 11.8 Å². The van der Waals surface area contributed by atoms with E-state index in [-0.39, 0.29) is 26.1 Å². The van der Waals surface area contributed by atoms with Gasteiger partial charge in [0.2, 0.25) is 0 Å². The lowest BCUT2D eigenvalue weighted by Gasteiger charge is -2.09. The summed E-state index contributed by atoms with van der Waals surface area (Å²) in [6.45, 7) is 7.00. The lowest BCUT2D eigenvalue weighted by molar-refractivity contribution is -0.145. The first-order valence-electron chi connectivity index (χ1n) is 5.45. The highest BCUT2D eigenvalue weighted by Crippen LogP contribution is 2.07. The summed E-state index contributed by atoms with van der Waals surface area (Å²) in [5, 5.41) is 6.88. The Balaban J connectivity index is 4.30. The molecule has 0 saturated carbocycles. The standard InChI is InChI=1S/C11H16ClN3O4/c1-3-7-18-10(16)6-5-9(13-15-14-12)11(17)19-8-4-2/h3-4,9H,1-2,5-8H2,(H,13,14). The van der Waals surface area contributed by atoms with Crippen molar-refractivity contribution in [1.82, 2.24) is 4.94 Å². The SMILES string of the molecule is C=CCOC(=O)CCC(N=NNCl)C(=O)OCC=C. The van der Waals surface area contributed by atoms with Crippen LogP contribution in [0.3, 0.4) is 0 Å². The minimum atomic E-state index is -0.928. The minimum Gasteiger partial charge on any atom is -0.461 e. The molecule has 0 bridgehead atoms. The molecule has 0 saturated heterocycles. The molecule has 0 fully saturated rings. The summed E-state index contributed by atoms with van der Waals surface area (Å²) < 4.78 is 9.58. The monoisotopic (exact) mass is 289 g/mol. The normalized spacial score (nSPS) is 11.6. The molecule has 0 aromatic rings. The van der Waals surface area contributed by atoms with Crippen LogP contribution in [0.1, 0.15) is 12.8 Å². The highest BCUT2D eigenvalue weighted by atomic mass is 35.5.